The number of nitrogens with zero attached hydrogens (tertiary/aromatic N) is 1. The van der Waals surface area contributed by atoms with Gasteiger partial charge in [-0.2, -0.15) is 0 Å². The van der Waals surface area contributed by atoms with Crippen LogP contribution in [-0.4, -0.2) is 11.4 Å². The minimum absolute atomic E-state index is 0.458. The van der Waals surface area contributed by atoms with Gasteiger partial charge in [0, 0.05) is 4.88 Å². The van der Waals surface area contributed by atoms with Gasteiger partial charge in [-0.05, 0) is 13.8 Å². The average molecular weight is 256 g/mol. The Hall–Kier alpha value is -0.0300. The number of thiazole rings is 1. The normalized spacial score (nSPS) is 13.8. The molecule has 0 amide bonds. The molecular weight excluding hydrogens is 248 g/mol. The van der Waals surface area contributed by atoms with Crippen molar-refractivity contribution in [1.82, 2.24) is 4.98 Å². The Kier molecular flexibility index (Phi) is 3.17. The molecule has 0 aliphatic rings. The zero-order chi connectivity index (χ0) is 9.30. The molecule has 0 saturated carbocycles. The largest absolute Gasteiger partial charge is 0.257 e. The Balaban J connectivity index is 2.89. The number of aromatic nitrogens is 1. The summed E-state index contributed by atoms with van der Waals surface area (Å²) in [6.07, 6.45) is -2.39. The Morgan fingerprint density at radius 3 is 2.33 bits per heavy atom. The second-order valence-electron chi connectivity index (χ2n) is 2.43. The van der Waals surface area contributed by atoms with Crippen molar-refractivity contribution in [2.75, 3.05) is 0 Å². The van der Waals surface area contributed by atoms with Crippen molar-refractivity contribution in [3.8, 4) is 0 Å². The molecule has 0 aliphatic heterocycles. The maximum Gasteiger partial charge on any atom is 0.257 e. The molecule has 12 heavy (non-hydrogen) atoms. The van der Waals surface area contributed by atoms with Crippen molar-refractivity contribution >= 4 is 27.3 Å². The monoisotopic (exact) mass is 255 g/mol. The van der Waals surface area contributed by atoms with Gasteiger partial charge >= 0.3 is 0 Å². The summed E-state index contributed by atoms with van der Waals surface area (Å²) in [6, 6.07) is 0. The maximum atomic E-state index is 12.2. The van der Waals surface area contributed by atoms with Crippen LogP contribution >= 0.6 is 27.3 Å². The van der Waals surface area contributed by atoms with Crippen LogP contribution < -0.4 is 0 Å². The molecule has 5 heteroatoms. The van der Waals surface area contributed by atoms with E-state index in [0.29, 0.717) is 5.01 Å². The number of alkyl halides is 3. The first-order valence-electron chi connectivity index (χ1n) is 3.38. The van der Waals surface area contributed by atoms with Crippen LogP contribution in [0.5, 0.6) is 0 Å². The van der Waals surface area contributed by atoms with Crippen molar-refractivity contribution < 1.29 is 8.78 Å². The summed E-state index contributed by atoms with van der Waals surface area (Å²) < 4.78 is 24.3. The van der Waals surface area contributed by atoms with Gasteiger partial charge in [-0.25, -0.2) is 13.8 Å². The van der Waals surface area contributed by atoms with Gasteiger partial charge in [0.05, 0.1) is 5.69 Å². The first kappa shape index (κ1) is 10.1. The van der Waals surface area contributed by atoms with E-state index in [1.54, 1.807) is 0 Å². The molecule has 1 aromatic heterocycles. The molecule has 0 aromatic carbocycles. The van der Waals surface area contributed by atoms with E-state index in [0.717, 1.165) is 10.6 Å². The van der Waals surface area contributed by atoms with Crippen molar-refractivity contribution in [1.29, 1.82) is 0 Å². The van der Waals surface area contributed by atoms with Gasteiger partial charge in [-0.1, -0.05) is 15.9 Å². The van der Waals surface area contributed by atoms with Crippen molar-refractivity contribution in [2.24, 2.45) is 0 Å². The van der Waals surface area contributed by atoms with Gasteiger partial charge in [0.2, 0.25) is 0 Å². The van der Waals surface area contributed by atoms with Gasteiger partial charge in [-0.15, -0.1) is 11.3 Å². The van der Waals surface area contributed by atoms with Gasteiger partial charge in [0.1, 0.15) is 9.83 Å². The van der Waals surface area contributed by atoms with Crippen LogP contribution in [0.3, 0.4) is 0 Å². The summed E-state index contributed by atoms with van der Waals surface area (Å²) in [4.78, 5) is 4.10. The van der Waals surface area contributed by atoms with Crippen LogP contribution in [0.2, 0.25) is 0 Å². The van der Waals surface area contributed by atoms with Crippen LogP contribution in [0.1, 0.15) is 20.4 Å². The number of halogens is 3. The number of hydrogen-bond acceptors (Lipinski definition) is 2. The minimum Gasteiger partial charge on any atom is -0.245 e. The minimum atomic E-state index is -2.39. The fraction of sp³-hybridized carbons (Fsp3) is 0.571. The lowest BCUT2D eigenvalue weighted by atomic mass is 10.4. The average Bonchev–Trinajstić information content (AvgIpc) is 2.30. The molecule has 0 fully saturated rings. The molecule has 1 unspecified atom stereocenters. The van der Waals surface area contributed by atoms with Crippen molar-refractivity contribution in [3.05, 3.63) is 15.6 Å². The number of rotatable bonds is 2. The van der Waals surface area contributed by atoms with Crippen molar-refractivity contribution in [2.45, 2.75) is 25.1 Å². The fourth-order valence-electron chi connectivity index (χ4n) is 0.723. The SMILES string of the molecule is Cc1nc(C(Br)C(F)F)sc1C. The lowest BCUT2D eigenvalue weighted by Crippen LogP contribution is -2.00. The molecule has 68 valence electrons. The van der Waals surface area contributed by atoms with Crippen LogP contribution in [0, 0.1) is 13.8 Å². The van der Waals surface area contributed by atoms with Crippen LogP contribution in [-0.2, 0) is 0 Å². The van der Waals surface area contributed by atoms with Crippen LogP contribution in [0.25, 0.3) is 0 Å². The molecule has 0 aliphatic carbocycles. The molecule has 0 spiro atoms. The summed E-state index contributed by atoms with van der Waals surface area (Å²) in [6.45, 7) is 3.70. The summed E-state index contributed by atoms with van der Waals surface area (Å²) >= 11 is 4.21. The number of aryl methyl sites for hydroxylation is 2. The van der Waals surface area contributed by atoms with Crippen LogP contribution in [0.15, 0.2) is 0 Å². The lowest BCUT2D eigenvalue weighted by molar-refractivity contribution is 0.147. The van der Waals surface area contributed by atoms with E-state index in [-0.39, 0.29) is 0 Å². The van der Waals surface area contributed by atoms with Crippen molar-refractivity contribution in [3.63, 3.8) is 0 Å². The van der Waals surface area contributed by atoms with E-state index in [2.05, 4.69) is 20.9 Å². The second-order valence-corrected chi connectivity index (χ2v) is 4.65. The topological polar surface area (TPSA) is 12.9 Å². The predicted molar refractivity (Wildman–Crippen MR) is 49.3 cm³/mol. The Morgan fingerprint density at radius 2 is 2.00 bits per heavy atom. The molecule has 0 N–H and O–H groups in total. The van der Waals surface area contributed by atoms with Crippen LogP contribution in [0.4, 0.5) is 8.78 Å². The molecule has 0 bridgehead atoms. The third-order valence-corrected chi connectivity index (χ3v) is 3.79. The summed E-state index contributed by atoms with van der Waals surface area (Å²) in [5.74, 6) is 0. The molecule has 0 saturated heterocycles. The highest BCUT2D eigenvalue weighted by molar-refractivity contribution is 9.09. The van der Waals surface area contributed by atoms with E-state index in [9.17, 15) is 8.78 Å². The van der Waals surface area contributed by atoms with E-state index in [4.69, 9.17) is 0 Å². The summed E-state index contributed by atoms with van der Waals surface area (Å²) in [5, 5.41) is 0.458. The molecule has 1 atom stereocenters. The third-order valence-electron chi connectivity index (χ3n) is 1.50. The smallest absolute Gasteiger partial charge is 0.245 e. The van der Waals surface area contributed by atoms with E-state index < -0.39 is 11.3 Å². The lowest BCUT2D eigenvalue weighted by Gasteiger charge is -2.02. The Labute approximate surface area is 81.9 Å². The van der Waals surface area contributed by atoms with E-state index in [1.165, 1.54) is 11.3 Å². The quantitative estimate of drug-likeness (QED) is 0.738. The van der Waals surface area contributed by atoms with Gasteiger partial charge in [0.15, 0.2) is 0 Å². The first-order chi connectivity index (χ1) is 5.52. The highest BCUT2D eigenvalue weighted by atomic mass is 79.9. The first-order valence-corrected chi connectivity index (χ1v) is 5.11. The zero-order valence-electron chi connectivity index (χ0n) is 6.64. The maximum absolute atomic E-state index is 12.2. The predicted octanol–water partition coefficient (Wildman–Crippen LogP) is 3.46. The molecule has 1 aromatic rings. The summed E-state index contributed by atoms with van der Waals surface area (Å²) in [5.41, 5.74) is 0.833. The van der Waals surface area contributed by atoms with E-state index in [1.807, 2.05) is 13.8 Å². The van der Waals surface area contributed by atoms with Gasteiger partial charge < -0.3 is 0 Å². The Morgan fingerprint density at radius 1 is 1.42 bits per heavy atom. The molecule has 1 rings (SSSR count). The number of hydrogen-bond donors (Lipinski definition) is 0. The fourth-order valence-corrected chi connectivity index (χ4v) is 2.01. The van der Waals surface area contributed by atoms with Gasteiger partial charge in [0.25, 0.3) is 6.43 Å². The highest BCUT2D eigenvalue weighted by Gasteiger charge is 2.22. The molecule has 1 nitrogen and oxygen atoms in total. The summed E-state index contributed by atoms with van der Waals surface area (Å²) in [7, 11) is 0. The molecule has 1 heterocycles. The van der Waals surface area contributed by atoms with Gasteiger partial charge in [-0.3, -0.25) is 0 Å². The van der Waals surface area contributed by atoms with E-state index >= 15 is 0 Å². The Bertz CT molecular complexity index is 255. The highest BCUT2D eigenvalue weighted by Crippen LogP contribution is 2.33. The second kappa shape index (κ2) is 3.79. The standard InChI is InChI=1S/C7H8BrF2NS/c1-3-4(2)12-7(11-3)5(8)6(9)10/h5-6H,1-2H3. The third kappa shape index (κ3) is 2.01. The molecular formula is C7H8BrF2NS. The molecule has 0 radical (unpaired) electrons. The zero-order valence-corrected chi connectivity index (χ0v) is 9.05.